The van der Waals surface area contributed by atoms with Crippen LogP contribution in [-0.2, 0) is 4.79 Å². The lowest BCUT2D eigenvalue weighted by Gasteiger charge is -2.11. The second-order valence-corrected chi connectivity index (χ2v) is 4.48. The molecule has 1 N–H and O–H groups in total. The van der Waals surface area contributed by atoms with Gasteiger partial charge in [-0.2, -0.15) is 0 Å². The van der Waals surface area contributed by atoms with Gasteiger partial charge in [-0.15, -0.1) is 0 Å². The van der Waals surface area contributed by atoms with Crippen LogP contribution in [0.25, 0.3) is 0 Å². The van der Waals surface area contributed by atoms with E-state index in [1.54, 1.807) is 6.92 Å². The normalized spacial score (nSPS) is 13.3. The summed E-state index contributed by atoms with van der Waals surface area (Å²) in [6.07, 6.45) is 3.78. The molecule has 1 atom stereocenters. The fourth-order valence-electron chi connectivity index (χ4n) is 1.89. The van der Waals surface area contributed by atoms with Gasteiger partial charge >= 0.3 is 5.97 Å². The number of rotatable bonds is 7. The molecule has 0 saturated carbocycles. The lowest BCUT2D eigenvalue weighted by molar-refractivity contribution is -0.139. The van der Waals surface area contributed by atoms with Gasteiger partial charge in [0.1, 0.15) is 0 Å². The molecule has 0 fully saturated rings. The first kappa shape index (κ1) is 14.4. The Balaban J connectivity index is 2.73. The zero-order valence-electron chi connectivity index (χ0n) is 11.1. The van der Waals surface area contributed by atoms with Crippen LogP contribution in [0.15, 0.2) is 35.3 Å². The number of aliphatic carboxylic acids is 1. The Kier molecular flexibility index (Phi) is 6.12. The number of nitrogens with zero attached hydrogens (tertiary/aromatic N) is 1. The van der Waals surface area contributed by atoms with Crippen LogP contribution in [0.4, 0.5) is 5.69 Å². The summed E-state index contributed by atoms with van der Waals surface area (Å²) < 4.78 is 0. The number of unbranched alkanes of at least 4 members (excludes halogenated alkanes) is 2. The highest BCUT2D eigenvalue weighted by atomic mass is 16.4. The number of carboxylic acid groups (broad SMARTS) is 1. The standard InChI is InChI=1S/C15H21NO2/c1-3-4-6-11-14(15(17)18)12(2)16-13-9-7-5-8-10-13/h5,7-10,14H,3-4,6,11H2,1-2H3,(H,17,18). The Morgan fingerprint density at radius 3 is 2.50 bits per heavy atom. The van der Waals surface area contributed by atoms with Gasteiger partial charge in [0.25, 0.3) is 0 Å². The van der Waals surface area contributed by atoms with E-state index in [9.17, 15) is 9.90 Å². The van der Waals surface area contributed by atoms with Crippen molar-refractivity contribution in [3.05, 3.63) is 30.3 Å². The number of hydrogen-bond acceptors (Lipinski definition) is 2. The van der Waals surface area contributed by atoms with Crippen LogP contribution in [0.5, 0.6) is 0 Å². The molecule has 0 amide bonds. The van der Waals surface area contributed by atoms with E-state index in [4.69, 9.17) is 0 Å². The topological polar surface area (TPSA) is 49.7 Å². The molecule has 0 saturated heterocycles. The third-order valence-electron chi connectivity index (χ3n) is 2.96. The Morgan fingerprint density at radius 1 is 1.28 bits per heavy atom. The van der Waals surface area contributed by atoms with E-state index >= 15 is 0 Å². The van der Waals surface area contributed by atoms with E-state index < -0.39 is 11.9 Å². The average Bonchev–Trinajstić information content (AvgIpc) is 2.35. The molecule has 3 heteroatoms. The molecule has 1 unspecified atom stereocenters. The van der Waals surface area contributed by atoms with Crippen molar-refractivity contribution in [3.8, 4) is 0 Å². The van der Waals surface area contributed by atoms with E-state index in [1.165, 1.54) is 0 Å². The van der Waals surface area contributed by atoms with Crippen LogP contribution in [0.3, 0.4) is 0 Å². The van der Waals surface area contributed by atoms with Crippen molar-refractivity contribution in [2.75, 3.05) is 0 Å². The van der Waals surface area contributed by atoms with Crippen LogP contribution in [0, 0.1) is 5.92 Å². The molecule has 0 heterocycles. The number of carboxylic acids is 1. The fraction of sp³-hybridized carbons (Fsp3) is 0.467. The molecule has 3 nitrogen and oxygen atoms in total. The maximum atomic E-state index is 11.2. The Labute approximate surface area is 109 Å². The summed E-state index contributed by atoms with van der Waals surface area (Å²) in [6, 6.07) is 9.49. The predicted molar refractivity (Wildman–Crippen MR) is 74.5 cm³/mol. The fourth-order valence-corrected chi connectivity index (χ4v) is 1.89. The molecule has 0 radical (unpaired) electrons. The minimum absolute atomic E-state index is 0.461. The maximum absolute atomic E-state index is 11.2. The molecule has 0 aliphatic heterocycles. The second kappa shape index (κ2) is 7.64. The van der Waals surface area contributed by atoms with Crippen molar-refractivity contribution in [1.82, 2.24) is 0 Å². The minimum Gasteiger partial charge on any atom is -0.481 e. The molecule has 18 heavy (non-hydrogen) atoms. The smallest absolute Gasteiger partial charge is 0.312 e. The van der Waals surface area contributed by atoms with Gasteiger partial charge in [0.15, 0.2) is 0 Å². The zero-order chi connectivity index (χ0) is 13.4. The molecular formula is C15H21NO2. The molecule has 98 valence electrons. The summed E-state index contributed by atoms with van der Waals surface area (Å²) in [6.45, 7) is 3.92. The molecule has 1 aromatic carbocycles. The van der Waals surface area contributed by atoms with Gasteiger partial charge in [0.05, 0.1) is 11.6 Å². The molecule has 0 aromatic heterocycles. The summed E-state index contributed by atoms with van der Waals surface area (Å²) in [5, 5.41) is 9.24. The van der Waals surface area contributed by atoms with Gasteiger partial charge < -0.3 is 5.11 Å². The number of benzene rings is 1. The third-order valence-corrected chi connectivity index (χ3v) is 2.96. The number of carbonyl (C=O) groups is 1. The van der Waals surface area contributed by atoms with Gasteiger partial charge in [0, 0.05) is 5.71 Å². The Hall–Kier alpha value is -1.64. The molecule has 1 aromatic rings. The highest BCUT2D eigenvalue weighted by Gasteiger charge is 2.20. The Bertz CT molecular complexity index is 398. The van der Waals surface area contributed by atoms with Crippen LogP contribution in [0.1, 0.15) is 39.5 Å². The van der Waals surface area contributed by atoms with E-state index in [0.717, 1.165) is 24.9 Å². The highest BCUT2D eigenvalue weighted by Crippen LogP contribution is 2.17. The van der Waals surface area contributed by atoms with Crippen molar-refractivity contribution in [2.45, 2.75) is 39.5 Å². The van der Waals surface area contributed by atoms with E-state index in [0.29, 0.717) is 12.1 Å². The first-order valence-electron chi connectivity index (χ1n) is 6.48. The summed E-state index contributed by atoms with van der Waals surface area (Å²) in [7, 11) is 0. The maximum Gasteiger partial charge on any atom is 0.312 e. The summed E-state index contributed by atoms with van der Waals surface area (Å²) in [4.78, 5) is 15.6. The van der Waals surface area contributed by atoms with Crippen LogP contribution >= 0.6 is 0 Å². The van der Waals surface area contributed by atoms with E-state index in [1.807, 2.05) is 30.3 Å². The van der Waals surface area contributed by atoms with E-state index in [2.05, 4.69) is 11.9 Å². The lowest BCUT2D eigenvalue weighted by atomic mass is 9.97. The van der Waals surface area contributed by atoms with Crippen LogP contribution < -0.4 is 0 Å². The Morgan fingerprint density at radius 2 is 1.94 bits per heavy atom. The van der Waals surface area contributed by atoms with Crippen molar-refractivity contribution in [1.29, 1.82) is 0 Å². The van der Waals surface area contributed by atoms with Crippen molar-refractivity contribution in [3.63, 3.8) is 0 Å². The monoisotopic (exact) mass is 247 g/mol. The quantitative estimate of drug-likeness (QED) is 0.583. The van der Waals surface area contributed by atoms with Crippen LogP contribution in [0.2, 0.25) is 0 Å². The average molecular weight is 247 g/mol. The number of hydrogen-bond donors (Lipinski definition) is 1. The van der Waals surface area contributed by atoms with Gasteiger partial charge in [0.2, 0.25) is 0 Å². The molecule has 0 bridgehead atoms. The molecule has 1 rings (SSSR count). The predicted octanol–water partition coefficient (Wildman–Crippen LogP) is 4.06. The second-order valence-electron chi connectivity index (χ2n) is 4.48. The van der Waals surface area contributed by atoms with Gasteiger partial charge in [-0.1, -0.05) is 44.4 Å². The molecule has 0 aliphatic rings. The zero-order valence-corrected chi connectivity index (χ0v) is 11.1. The molecular weight excluding hydrogens is 226 g/mol. The first-order valence-corrected chi connectivity index (χ1v) is 6.48. The minimum atomic E-state index is -0.775. The molecule has 0 spiro atoms. The van der Waals surface area contributed by atoms with Crippen molar-refractivity contribution >= 4 is 17.4 Å². The van der Waals surface area contributed by atoms with Gasteiger partial charge in [-0.3, -0.25) is 9.79 Å². The summed E-state index contributed by atoms with van der Waals surface area (Å²) in [5.41, 5.74) is 1.50. The van der Waals surface area contributed by atoms with Crippen molar-refractivity contribution < 1.29 is 9.90 Å². The van der Waals surface area contributed by atoms with Crippen molar-refractivity contribution in [2.24, 2.45) is 10.9 Å². The SMILES string of the molecule is CCCCCC(C(=O)O)C(C)=Nc1ccccc1. The largest absolute Gasteiger partial charge is 0.481 e. The van der Waals surface area contributed by atoms with Crippen LogP contribution in [-0.4, -0.2) is 16.8 Å². The van der Waals surface area contributed by atoms with E-state index in [-0.39, 0.29) is 0 Å². The lowest BCUT2D eigenvalue weighted by Crippen LogP contribution is -2.21. The molecule has 0 aliphatic carbocycles. The number of aliphatic imine (C=N–C) groups is 1. The van der Waals surface area contributed by atoms with Gasteiger partial charge in [-0.05, 0) is 25.5 Å². The number of para-hydroxylation sites is 1. The third kappa shape index (κ3) is 4.70. The van der Waals surface area contributed by atoms with Gasteiger partial charge in [-0.25, -0.2) is 0 Å². The summed E-state index contributed by atoms with van der Waals surface area (Å²) in [5.74, 6) is -1.24. The first-order chi connectivity index (χ1) is 8.65. The highest BCUT2D eigenvalue weighted by molar-refractivity contribution is 6.01. The summed E-state index contributed by atoms with van der Waals surface area (Å²) >= 11 is 0.